The second kappa shape index (κ2) is 5.52. The van der Waals surface area contributed by atoms with Gasteiger partial charge in [-0.25, -0.2) is 0 Å². The van der Waals surface area contributed by atoms with Crippen molar-refractivity contribution in [1.82, 2.24) is 0 Å². The van der Waals surface area contributed by atoms with Crippen LogP contribution in [0.3, 0.4) is 0 Å². The van der Waals surface area contributed by atoms with Crippen LogP contribution in [0.25, 0.3) is 0 Å². The number of cyclic esters (lactones) is 1. The summed E-state index contributed by atoms with van der Waals surface area (Å²) in [6.45, 7) is 0. The highest BCUT2D eigenvalue weighted by Crippen LogP contribution is 2.49. The lowest BCUT2D eigenvalue weighted by atomic mass is 9.73. The summed E-state index contributed by atoms with van der Waals surface area (Å²) in [5.41, 5.74) is -0.953. The van der Waals surface area contributed by atoms with Crippen LogP contribution in [-0.2, 0) is 14.3 Å². The van der Waals surface area contributed by atoms with Crippen LogP contribution in [0.4, 0.5) is 0 Å². The van der Waals surface area contributed by atoms with Gasteiger partial charge in [-0.15, -0.1) is 0 Å². The average Bonchev–Trinajstić information content (AvgIpc) is 2.65. The molecular weight excluding hydrogens is 432 g/mol. The second-order valence-electron chi connectivity index (χ2n) is 5.06. The predicted molar refractivity (Wildman–Crippen MR) is 79.4 cm³/mol. The molecule has 0 aromatic carbocycles. The van der Waals surface area contributed by atoms with Crippen LogP contribution in [0, 0.1) is 5.41 Å². The molecule has 0 radical (unpaired) electrons. The van der Waals surface area contributed by atoms with Crippen LogP contribution >= 0.6 is 47.8 Å². The van der Waals surface area contributed by atoms with Gasteiger partial charge < -0.3 is 4.74 Å². The third kappa shape index (κ3) is 2.57. The van der Waals surface area contributed by atoms with Crippen LogP contribution < -0.4 is 0 Å². The van der Waals surface area contributed by atoms with Gasteiger partial charge in [0.2, 0.25) is 0 Å². The molecule has 2 fully saturated rings. The molecule has 18 heavy (non-hydrogen) atoms. The molecule has 1 aliphatic heterocycles. The number of Topliss-reactive ketones (excluding diaryl/α,β-unsaturated/α-hetero) is 1. The van der Waals surface area contributed by atoms with Gasteiger partial charge in [-0.1, -0.05) is 67.1 Å². The minimum atomic E-state index is -0.953. The molecule has 0 bridgehead atoms. The first-order chi connectivity index (χ1) is 8.42. The Morgan fingerprint density at radius 1 is 1.17 bits per heavy atom. The highest BCUT2D eigenvalue weighted by atomic mass is 79.9. The fraction of sp³-hybridized carbons (Fsp3) is 0.833. The topological polar surface area (TPSA) is 43.4 Å². The Hall–Kier alpha value is 0.580. The Labute approximate surface area is 132 Å². The number of ether oxygens (including phenoxy) is 1. The summed E-state index contributed by atoms with van der Waals surface area (Å²) in [7, 11) is 0. The Balaban J connectivity index is 2.33. The number of hydrogen-bond donors (Lipinski definition) is 0. The molecule has 2 atom stereocenters. The number of hydrogen-bond acceptors (Lipinski definition) is 3. The van der Waals surface area contributed by atoms with Crippen LogP contribution in [0.5, 0.6) is 0 Å². The first-order valence-corrected chi connectivity index (χ1v) is 8.83. The average molecular weight is 447 g/mol. The molecular formula is C12H15Br3O3. The molecule has 2 aliphatic rings. The van der Waals surface area contributed by atoms with Crippen molar-refractivity contribution in [3.8, 4) is 0 Å². The lowest BCUT2D eigenvalue weighted by Gasteiger charge is -2.32. The molecule has 2 unspecified atom stereocenters. The number of rotatable bonds is 1. The summed E-state index contributed by atoms with van der Waals surface area (Å²) >= 11 is 10.2. The van der Waals surface area contributed by atoms with Crippen molar-refractivity contribution in [1.29, 1.82) is 0 Å². The van der Waals surface area contributed by atoms with Gasteiger partial charge in [-0.2, -0.15) is 0 Å². The zero-order valence-corrected chi connectivity index (χ0v) is 14.6. The standard InChI is InChI=1S/C12H15Br3O3/c13-7-8-6-11(10(17)18-8)4-2-1-3-5-12(14,15)9(11)16/h8H,1-7H2. The highest BCUT2D eigenvalue weighted by molar-refractivity contribution is 9.25. The summed E-state index contributed by atoms with van der Waals surface area (Å²) in [6.07, 6.45) is 4.56. The molecule has 1 saturated heterocycles. The molecule has 0 aromatic rings. The molecule has 0 amide bonds. The van der Waals surface area contributed by atoms with Gasteiger partial charge in [0, 0.05) is 11.8 Å². The van der Waals surface area contributed by atoms with Crippen molar-refractivity contribution in [3.05, 3.63) is 0 Å². The van der Waals surface area contributed by atoms with E-state index in [4.69, 9.17) is 4.74 Å². The van der Waals surface area contributed by atoms with Gasteiger partial charge in [-0.3, -0.25) is 9.59 Å². The minimum absolute atomic E-state index is 0.0665. The third-order valence-corrected chi connectivity index (χ3v) is 6.01. The van der Waals surface area contributed by atoms with Gasteiger partial charge >= 0.3 is 5.97 Å². The SMILES string of the molecule is O=C1OC(CBr)CC12CCCCCC(Br)(Br)C2=O. The van der Waals surface area contributed by atoms with E-state index in [9.17, 15) is 9.59 Å². The smallest absolute Gasteiger partial charge is 0.320 e. The van der Waals surface area contributed by atoms with Gasteiger partial charge in [-0.05, 0) is 12.8 Å². The van der Waals surface area contributed by atoms with Crippen molar-refractivity contribution in [2.75, 3.05) is 5.33 Å². The van der Waals surface area contributed by atoms with E-state index in [1.807, 2.05) is 0 Å². The molecule has 6 heteroatoms. The Morgan fingerprint density at radius 3 is 2.44 bits per heavy atom. The maximum absolute atomic E-state index is 12.7. The molecule has 1 spiro atoms. The third-order valence-electron chi connectivity index (χ3n) is 3.77. The lowest BCUT2D eigenvalue weighted by molar-refractivity contribution is -0.153. The minimum Gasteiger partial charge on any atom is -0.461 e. The molecule has 102 valence electrons. The number of carbonyl (C=O) groups excluding carboxylic acids is 2. The molecule has 2 rings (SSSR count). The summed E-state index contributed by atoms with van der Waals surface area (Å²) in [6, 6.07) is 0. The van der Waals surface area contributed by atoms with E-state index in [1.54, 1.807) is 0 Å². The summed E-state index contributed by atoms with van der Waals surface area (Å²) in [5, 5.41) is 0.589. The monoisotopic (exact) mass is 444 g/mol. The predicted octanol–water partition coefficient (Wildman–Crippen LogP) is 3.70. The number of carbonyl (C=O) groups is 2. The van der Waals surface area contributed by atoms with Gasteiger partial charge in [0.15, 0.2) is 5.78 Å². The number of halogens is 3. The van der Waals surface area contributed by atoms with Crippen molar-refractivity contribution in [2.45, 2.75) is 47.9 Å². The molecule has 1 heterocycles. The maximum Gasteiger partial charge on any atom is 0.320 e. The molecule has 0 N–H and O–H groups in total. The van der Waals surface area contributed by atoms with Crippen molar-refractivity contribution < 1.29 is 14.3 Å². The van der Waals surface area contributed by atoms with Crippen molar-refractivity contribution >= 4 is 59.5 Å². The Bertz CT molecular complexity index is 370. The first kappa shape index (κ1) is 15.0. The van der Waals surface area contributed by atoms with Crippen LogP contribution in [0.15, 0.2) is 0 Å². The normalized spacial score (nSPS) is 36.3. The zero-order chi connectivity index (χ0) is 13.4. The summed E-state index contributed by atoms with van der Waals surface area (Å²) in [5.74, 6) is -0.412. The fourth-order valence-electron chi connectivity index (χ4n) is 2.78. The van der Waals surface area contributed by atoms with Crippen LogP contribution in [0.1, 0.15) is 38.5 Å². The number of esters is 1. The molecule has 0 aromatic heterocycles. The fourth-order valence-corrected chi connectivity index (χ4v) is 4.46. The number of ketones is 1. The van der Waals surface area contributed by atoms with E-state index in [1.165, 1.54) is 0 Å². The van der Waals surface area contributed by atoms with Crippen molar-refractivity contribution in [2.24, 2.45) is 5.41 Å². The summed E-state index contributed by atoms with van der Waals surface area (Å²) in [4.78, 5) is 24.9. The lowest BCUT2D eigenvalue weighted by Crippen LogP contribution is -2.45. The quantitative estimate of drug-likeness (QED) is 0.350. The number of alkyl halides is 3. The van der Waals surface area contributed by atoms with Gasteiger partial charge in [0.1, 0.15) is 14.8 Å². The maximum atomic E-state index is 12.7. The highest BCUT2D eigenvalue weighted by Gasteiger charge is 2.58. The zero-order valence-electron chi connectivity index (χ0n) is 9.89. The van der Waals surface area contributed by atoms with E-state index in [-0.39, 0.29) is 17.9 Å². The van der Waals surface area contributed by atoms with E-state index < -0.39 is 8.65 Å². The van der Waals surface area contributed by atoms with Crippen molar-refractivity contribution in [3.63, 3.8) is 0 Å². The molecule has 1 aliphatic carbocycles. The van der Waals surface area contributed by atoms with E-state index in [0.717, 1.165) is 19.3 Å². The molecule has 3 nitrogen and oxygen atoms in total. The van der Waals surface area contributed by atoms with Crippen LogP contribution in [-0.4, -0.2) is 26.4 Å². The van der Waals surface area contributed by atoms with E-state index >= 15 is 0 Å². The second-order valence-corrected chi connectivity index (χ2v) is 9.48. The molecule has 1 saturated carbocycles. The van der Waals surface area contributed by atoms with Gasteiger partial charge in [0.05, 0.1) is 0 Å². The Kier molecular flexibility index (Phi) is 4.60. The largest absolute Gasteiger partial charge is 0.461 e. The summed E-state index contributed by atoms with van der Waals surface area (Å²) < 4.78 is 4.54. The van der Waals surface area contributed by atoms with Gasteiger partial charge in [0.25, 0.3) is 0 Å². The Morgan fingerprint density at radius 2 is 1.83 bits per heavy atom. The first-order valence-electron chi connectivity index (χ1n) is 6.12. The van der Waals surface area contributed by atoms with E-state index in [0.29, 0.717) is 24.6 Å². The van der Waals surface area contributed by atoms with E-state index in [2.05, 4.69) is 47.8 Å². The van der Waals surface area contributed by atoms with Crippen LogP contribution in [0.2, 0.25) is 0 Å².